The van der Waals surface area contributed by atoms with Crippen LogP contribution in [0, 0.1) is 6.92 Å². The number of ether oxygens (including phenoxy) is 1. The molecular weight excluding hydrogens is 260 g/mol. The van der Waals surface area contributed by atoms with Gasteiger partial charge in [-0.05, 0) is 24.1 Å². The molecule has 0 fully saturated rings. The number of aromatic nitrogens is 1. The van der Waals surface area contributed by atoms with Gasteiger partial charge in [0.2, 0.25) is 0 Å². The Morgan fingerprint density at radius 3 is 2.89 bits per heavy atom. The average molecular weight is 276 g/mol. The van der Waals surface area contributed by atoms with Crippen LogP contribution in [0.5, 0.6) is 0 Å². The number of aryl methyl sites for hydroxylation is 1. The monoisotopic (exact) mass is 276 g/mol. The van der Waals surface area contributed by atoms with Crippen LogP contribution in [-0.2, 0) is 17.8 Å². The van der Waals surface area contributed by atoms with Crippen LogP contribution in [0.15, 0.2) is 29.1 Å². The van der Waals surface area contributed by atoms with Crippen LogP contribution in [0.1, 0.15) is 27.2 Å². The zero-order valence-electron chi connectivity index (χ0n) is 11.0. The predicted octanol–water partition coefficient (Wildman–Crippen LogP) is 2.53. The summed E-state index contributed by atoms with van der Waals surface area (Å²) in [4.78, 5) is 15.7. The number of thiazole rings is 1. The molecule has 1 aromatic carbocycles. The van der Waals surface area contributed by atoms with Crippen LogP contribution in [0.3, 0.4) is 0 Å². The van der Waals surface area contributed by atoms with Crippen molar-refractivity contribution in [3.05, 3.63) is 51.5 Å². The van der Waals surface area contributed by atoms with Gasteiger partial charge in [-0.15, -0.1) is 11.3 Å². The predicted molar refractivity (Wildman–Crippen MR) is 75.2 cm³/mol. The lowest BCUT2D eigenvalue weighted by molar-refractivity contribution is 0.0600. The number of hydrogen-bond acceptors (Lipinski definition) is 5. The van der Waals surface area contributed by atoms with E-state index in [0.29, 0.717) is 5.56 Å². The van der Waals surface area contributed by atoms with Gasteiger partial charge in [0, 0.05) is 18.5 Å². The Hall–Kier alpha value is -1.72. The van der Waals surface area contributed by atoms with E-state index in [1.165, 1.54) is 7.11 Å². The Morgan fingerprint density at radius 2 is 2.26 bits per heavy atom. The number of methoxy groups -OCH3 is 1. The van der Waals surface area contributed by atoms with Crippen molar-refractivity contribution in [3.8, 4) is 0 Å². The zero-order valence-corrected chi connectivity index (χ0v) is 11.8. The van der Waals surface area contributed by atoms with E-state index in [0.717, 1.165) is 29.9 Å². The second-order valence-electron chi connectivity index (χ2n) is 4.22. The minimum absolute atomic E-state index is 0.292. The van der Waals surface area contributed by atoms with Crippen molar-refractivity contribution in [3.63, 3.8) is 0 Å². The molecule has 19 heavy (non-hydrogen) atoms. The highest BCUT2D eigenvalue weighted by molar-refractivity contribution is 7.07. The summed E-state index contributed by atoms with van der Waals surface area (Å²) in [5, 5.41) is 5.35. The molecule has 0 saturated carbocycles. The topological polar surface area (TPSA) is 51.2 Å². The Labute approximate surface area is 116 Å². The van der Waals surface area contributed by atoms with Gasteiger partial charge in [0.05, 0.1) is 23.9 Å². The maximum Gasteiger partial charge on any atom is 0.338 e. The fourth-order valence-corrected chi connectivity index (χ4v) is 2.39. The van der Waals surface area contributed by atoms with Crippen LogP contribution in [0.25, 0.3) is 0 Å². The Morgan fingerprint density at radius 1 is 1.42 bits per heavy atom. The first kappa shape index (κ1) is 13.7. The highest BCUT2D eigenvalue weighted by Crippen LogP contribution is 2.12. The third kappa shape index (κ3) is 3.62. The van der Waals surface area contributed by atoms with Crippen molar-refractivity contribution in [1.82, 2.24) is 10.3 Å². The van der Waals surface area contributed by atoms with E-state index in [4.69, 9.17) is 4.74 Å². The van der Waals surface area contributed by atoms with Gasteiger partial charge in [-0.25, -0.2) is 9.78 Å². The number of rotatable bonds is 5. The van der Waals surface area contributed by atoms with Gasteiger partial charge in [0.1, 0.15) is 0 Å². The van der Waals surface area contributed by atoms with Crippen molar-refractivity contribution in [2.45, 2.75) is 20.0 Å². The first-order valence-corrected chi connectivity index (χ1v) is 6.90. The highest BCUT2D eigenvalue weighted by Gasteiger charge is 2.08. The quantitative estimate of drug-likeness (QED) is 0.853. The molecule has 0 saturated heterocycles. The lowest BCUT2D eigenvalue weighted by Gasteiger charge is -2.07. The molecule has 0 spiro atoms. The molecule has 0 radical (unpaired) electrons. The molecule has 0 aliphatic carbocycles. The maximum absolute atomic E-state index is 11.5. The van der Waals surface area contributed by atoms with Crippen molar-refractivity contribution < 1.29 is 9.53 Å². The lowest BCUT2D eigenvalue weighted by atomic mass is 10.1. The summed E-state index contributed by atoms with van der Waals surface area (Å²) < 4.78 is 4.73. The van der Waals surface area contributed by atoms with Gasteiger partial charge in [0.25, 0.3) is 0 Å². The number of nitrogens with one attached hydrogen (secondary N) is 1. The van der Waals surface area contributed by atoms with E-state index in [-0.39, 0.29) is 5.97 Å². The van der Waals surface area contributed by atoms with Gasteiger partial charge >= 0.3 is 5.97 Å². The van der Waals surface area contributed by atoms with Gasteiger partial charge < -0.3 is 10.1 Å². The van der Waals surface area contributed by atoms with E-state index >= 15 is 0 Å². The van der Waals surface area contributed by atoms with Crippen LogP contribution < -0.4 is 5.32 Å². The molecule has 2 aromatic rings. The molecule has 0 amide bonds. The molecule has 0 aliphatic rings. The molecule has 5 heteroatoms. The third-order valence-electron chi connectivity index (χ3n) is 2.81. The van der Waals surface area contributed by atoms with E-state index in [1.807, 2.05) is 29.9 Å². The normalized spacial score (nSPS) is 10.4. The van der Waals surface area contributed by atoms with Gasteiger partial charge in [-0.2, -0.15) is 0 Å². The van der Waals surface area contributed by atoms with Crippen LogP contribution in [0.2, 0.25) is 0 Å². The fraction of sp³-hybridized carbons (Fsp3) is 0.286. The minimum Gasteiger partial charge on any atom is -0.465 e. The fourth-order valence-electron chi connectivity index (χ4n) is 1.83. The summed E-state index contributed by atoms with van der Waals surface area (Å²) >= 11 is 1.59. The van der Waals surface area contributed by atoms with E-state index in [2.05, 4.69) is 10.3 Å². The number of benzene rings is 1. The second-order valence-corrected chi connectivity index (χ2v) is 4.94. The summed E-state index contributed by atoms with van der Waals surface area (Å²) in [5.74, 6) is -0.292. The van der Waals surface area contributed by atoms with Crippen LogP contribution >= 0.6 is 11.3 Å². The van der Waals surface area contributed by atoms with Gasteiger partial charge in [0.15, 0.2) is 0 Å². The zero-order chi connectivity index (χ0) is 13.7. The first-order chi connectivity index (χ1) is 9.20. The second kappa shape index (κ2) is 6.45. The molecule has 0 atom stereocenters. The summed E-state index contributed by atoms with van der Waals surface area (Å²) in [6.07, 6.45) is 0. The molecule has 1 heterocycles. The van der Waals surface area contributed by atoms with E-state index in [1.54, 1.807) is 17.4 Å². The highest BCUT2D eigenvalue weighted by atomic mass is 32.1. The smallest absolute Gasteiger partial charge is 0.338 e. The first-order valence-electron chi connectivity index (χ1n) is 5.96. The van der Waals surface area contributed by atoms with Gasteiger partial charge in [-0.1, -0.05) is 12.1 Å². The maximum atomic E-state index is 11.5. The minimum atomic E-state index is -0.292. The summed E-state index contributed by atoms with van der Waals surface area (Å²) in [6.45, 7) is 3.41. The van der Waals surface area contributed by atoms with Crippen molar-refractivity contribution in [2.24, 2.45) is 0 Å². The number of carbonyl (C=O) groups is 1. The lowest BCUT2D eigenvalue weighted by Crippen LogP contribution is -2.13. The standard InChI is InChI=1S/C14H16N2O2S/c1-10-5-11(3-4-13(10)14(17)18-2)6-15-7-12-8-19-9-16-12/h3-5,8-9,15H,6-7H2,1-2H3. The molecular formula is C14H16N2O2S. The Balaban J connectivity index is 1.94. The SMILES string of the molecule is COC(=O)c1ccc(CNCc2cscn2)cc1C. The largest absolute Gasteiger partial charge is 0.465 e. The molecule has 1 aromatic heterocycles. The summed E-state index contributed by atoms with van der Waals surface area (Å²) in [7, 11) is 1.39. The molecule has 2 rings (SSSR count). The third-order valence-corrected chi connectivity index (χ3v) is 3.45. The van der Waals surface area contributed by atoms with Gasteiger partial charge in [-0.3, -0.25) is 0 Å². The summed E-state index contributed by atoms with van der Waals surface area (Å²) in [6, 6.07) is 5.74. The van der Waals surface area contributed by atoms with E-state index < -0.39 is 0 Å². The number of nitrogens with zero attached hydrogens (tertiary/aromatic N) is 1. The van der Waals surface area contributed by atoms with Crippen molar-refractivity contribution in [1.29, 1.82) is 0 Å². The van der Waals surface area contributed by atoms with Crippen LogP contribution in [0.4, 0.5) is 0 Å². The molecule has 0 unspecified atom stereocenters. The number of esters is 1. The van der Waals surface area contributed by atoms with Crippen molar-refractivity contribution in [2.75, 3.05) is 7.11 Å². The van der Waals surface area contributed by atoms with Crippen molar-refractivity contribution >= 4 is 17.3 Å². The Kier molecular flexibility index (Phi) is 4.65. The Bertz CT molecular complexity index is 553. The number of hydrogen-bond donors (Lipinski definition) is 1. The number of carbonyl (C=O) groups excluding carboxylic acids is 1. The average Bonchev–Trinajstić information content (AvgIpc) is 2.91. The van der Waals surface area contributed by atoms with E-state index in [9.17, 15) is 4.79 Å². The molecule has 0 aliphatic heterocycles. The van der Waals surface area contributed by atoms with Crippen LogP contribution in [-0.4, -0.2) is 18.1 Å². The summed E-state index contributed by atoms with van der Waals surface area (Å²) in [5.41, 5.74) is 5.56. The molecule has 1 N–H and O–H groups in total. The molecule has 4 nitrogen and oxygen atoms in total. The molecule has 100 valence electrons. The molecule has 0 bridgehead atoms.